The van der Waals surface area contributed by atoms with E-state index in [2.05, 4.69) is 31.2 Å². The van der Waals surface area contributed by atoms with E-state index in [0.717, 1.165) is 21.5 Å². The van der Waals surface area contributed by atoms with Gasteiger partial charge in [0.05, 0.1) is 5.69 Å². The molecule has 1 aromatic carbocycles. The maximum atomic E-state index is 4.22. The number of aromatic nitrogens is 2. The van der Waals surface area contributed by atoms with Crippen LogP contribution in [0.15, 0.2) is 41.1 Å². The van der Waals surface area contributed by atoms with E-state index in [1.54, 1.807) is 6.33 Å². The Bertz CT molecular complexity index is 454. The summed E-state index contributed by atoms with van der Waals surface area (Å²) >= 11 is 3.40. The van der Waals surface area contributed by atoms with Crippen LogP contribution < -0.4 is 5.32 Å². The Balaban J connectivity index is 2.40. The molecule has 0 aliphatic heterocycles. The van der Waals surface area contributed by atoms with Gasteiger partial charge in [0.1, 0.15) is 12.1 Å². The predicted molar refractivity (Wildman–Crippen MR) is 64.7 cm³/mol. The number of nitrogens with zero attached hydrogens (tertiary/aromatic N) is 2. The van der Waals surface area contributed by atoms with Crippen LogP contribution in [0.1, 0.15) is 0 Å². The summed E-state index contributed by atoms with van der Waals surface area (Å²) in [5.74, 6) is 0.822. The summed E-state index contributed by atoms with van der Waals surface area (Å²) in [6.45, 7) is 0. The Morgan fingerprint density at radius 2 is 1.87 bits per heavy atom. The predicted octanol–water partition coefficient (Wildman–Crippen LogP) is 2.95. The first-order valence-corrected chi connectivity index (χ1v) is 5.34. The maximum absolute atomic E-state index is 4.22. The van der Waals surface area contributed by atoms with Crippen molar-refractivity contribution in [1.29, 1.82) is 0 Å². The SMILES string of the molecule is CNc1cc(-c2ccc(Br)cc2)ncn1. The van der Waals surface area contributed by atoms with Crippen molar-refractivity contribution in [3.05, 3.63) is 41.1 Å². The van der Waals surface area contributed by atoms with E-state index in [0.29, 0.717) is 0 Å². The Morgan fingerprint density at radius 1 is 1.13 bits per heavy atom. The van der Waals surface area contributed by atoms with Crippen molar-refractivity contribution < 1.29 is 0 Å². The molecule has 4 heteroatoms. The number of nitrogens with one attached hydrogen (secondary N) is 1. The lowest BCUT2D eigenvalue weighted by Gasteiger charge is -2.03. The Hall–Kier alpha value is -1.42. The van der Waals surface area contributed by atoms with Crippen molar-refractivity contribution in [1.82, 2.24) is 9.97 Å². The molecule has 0 fully saturated rings. The molecule has 3 nitrogen and oxygen atoms in total. The number of hydrogen-bond donors (Lipinski definition) is 1. The number of halogens is 1. The molecule has 1 aromatic heterocycles. The van der Waals surface area contributed by atoms with Crippen LogP contribution in [0.3, 0.4) is 0 Å². The highest BCUT2D eigenvalue weighted by Crippen LogP contribution is 2.20. The minimum absolute atomic E-state index is 0.822. The van der Waals surface area contributed by atoms with Crippen molar-refractivity contribution >= 4 is 21.7 Å². The van der Waals surface area contributed by atoms with E-state index < -0.39 is 0 Å². The van der Waals surface area contributed by atoms with Gasteiger partial charge in [-0.1, -0.05) is 28.1 Å². The fourth-order valence-electron chi connectivity index (χ4n) is 1.27. The molecule has 0 aliphatic rings. The highest BCUT2D eigenvalue weighted by molar-refractivity contribution is 9.10. The molecule has 76 valence electrons. The van der Waals surface area contributed by atoms with Crippen molar-refractivity contribution in [2.24, 2.45) is 0 Å². The van der Waals surface area contributed by atoms with Gasteiger partial charge < -0.3 is 5.32 Å². The molecule has 0 amide bonds. The van der Waals surface area contributed by atoms with E-state index in [4.69, 9.17) is 0 Å². The van der Waals surface area contributed by atoms with Gasteiger partial charge in [-0.3, -0.25) is 0 Å². The van der Waals surface area contributed by atoms with Crippen molar-refractivity contribution in [2.45, 2.75) is 0 Å². The van der Waals surface area contributed by atoms with E-state index in [-0.39, 0.29) is 0 Å². The fraction of sp³-hybridized carbons (Fsp3) is 0.0909. The summed E-state index contributed by atoms with van der Waals surface area (Å²) < 4.78 is 1.06. The molecule has 2 rings (SSSR count). The Kier molecular flexibility index (Phi) is 2.97. The van der Waals surface area contributed by atoms with E-state index in [1.165, 1.54) is 0 Å². The second kappa shape index (κ2) is 4.40. The monoisotopic (exact) mass is 263 g/mol. The Morgan fingerprint density at radius 3 is 2.53 bits per heavy atom. The molecule has 1 heterocycles. The summed E-state index contributed by atoms with van der Waals surface area (Å²) in [4.78, 5) is 8.29. The van der Waals surface area contributed by atoms with Crippen molar-refractivity contribution in [3.8, 4) is 11.3 Å². The molecule has 0 spiro atoms. The zero-order valence-corrected chi connectivity index (χ0v) is 9.82. The van der Waals surface area contributed by atoms with Crippen LogP contribution in [0.2, 0.25) is 0 Å². The molecule has 0 aliphatic carbocycles. The van der Waals surface area contributed by atoms with Crippen LogP contribution in [-0.2, 0) is 0 Å². The molecule has 0 saturated carbocycles. The molecular weight excluding hydrogens is 254 g/mol. The van der Waals surface area contributed by atoms with E-state index in [1.807, 2.05) is 37.4 Å². The standard InChI is InChI=1S/C11H10BrN3/c1-13-11-6-10(14-7-15-11)8-2-4-9(12)5-3-8/h2-7H,1H3,(H,13,14,15). The molecule has 0 saturated heterocycles. The number of benzene rings is 1. The van der Waals surface area contributed by atoms with Crippen LogP contribution in [0.5, 0.6) is 0 Å². The number of hydrogen-bond acceptors (Lipinski definition) is 3. The molecule has 2 aromatic rings. The lowest BCUT2D eigenvalue weighted by molar-refractivity contribution is 1.16. The lowest BCUT2D eigenvalue weighted by Crippen LogP contribution is -1.93. The maximum Gasteiger partial charge on any atom is 0.129 e. The number of anilines is 1. The van der Waals surface area contributed by atoms with E-state index in [9.17, 15) is 0 Å². The molecule has 15 heavy (non-hydrogen) atoms. The fourth-order valence-corrected chi connectivity index (χ4v) is 1.54. The third-order valence-corrected chi connectivity index (χ3v) is 2.59. The summed E-state index contributed by atoms with van der Waals surface area (Å²) in [7, 11) is 1.84. The number of rotatable bonds is 2. The Labute approximate surface area is 96.7 Å². The lowest BCUT2D eigenvalue weighted by atomic mass is 10.1. The normalized spacial score (nSPS) is 10.0. The molecule has 0 bridgehead atoms. The summed E-state index contributed by atoms with van der Waals surface area (Å²) in [6.07, 6.45) is 1.56. The van der Waals surface area contributed by atoms with Gasteiger partial charge >= 0.3 is 0 Å². The van der Waals surface area contributed by atoms with Crippen molar-refractivity contribution in [2.75, 3.05) is 12.4 Å². The largest absolute Gasteiger partial charge is 0.373 e. The van der Waals surface area contributed by atoms with Gasteiger partial charge in [-0.05, 0) is 12.1 Å². The van der Waals surface area contributed by atoms with Gasteiger partial charge in [0.25, 0.3) is 0 Å². The van der Waals surface area contributed by atoms with E-state index >= 15 is 0 Å². The molecule has 0 atom stereocenters. The van der Waals surface area contributed by atoms with Crippen LogP contribution >= 0.6 is 15.9 Å². The van der Waals surface area contributed by atoms with Crippen molar-refractivity contribution in [3.63, 3.8) is 0 Å². The van der Waals surface area contributed by atoms with Gasteiger partial charge in [0, 0.05) is 23.2 Å². The third kappa shape index (κ3) is 2.33. The van der Waals surface area contributed by atoms with Crippen LogP contribution in [0, 0.1) is 0 Å². The molecular formula is C11H10BrN3. The van der Waals surface area contributed by atoms with Gasteiger partial charge in [-0.25, -0.2) is 9.97 Å². The molecule has 1 N–H and O–H groups in total. The third-order valence-electron chi connectivity index (χ3n) is 2.06. The van der Waals surface area contributed by atoms with Crippen LogP contribution in [0.25, 0.3) is 11.3 Å². The quantitative estimate of drug-likeness (QED) is 0.906. The average Bonchev–Trinajstić information content (AvgIpc) is 2.30. The topological polar surface area (TPSA) is 37.8 Å². The second-order valence-electron chi connectivity index (χ2n) is 3.05. The summed E-state index contributed by atoms with van der Waals surface area (Å²) in [5.41, 5.74) is 2.00. The first-order chi connectivity index (χ1) is 7.29. The summed E-state index contributed by atoms with van der Waals surface area (Å²) in [5, 5.41) is 2.99. The zero-order chi connectivity index (χ0) is 10.7. The smallest absolute Gasteiger partial charge is 0.129 e. The first-order valence-electron chi connectivity index (χ1n) is 4.55. The average molecular weight is 264 g/mol. The van der Waals surface area contributed by atoms with Crippen LogP contribution in [0.4, 0.5) is 5.82 Å². The minimum Gasteiger partial charge on any atom is -0.373 e. The summed E-state index contributed by atoms with van der Waals surface area (Å²) in [6, 6.07) is 9.95. The van der Waals surface area contributed by atoms with Gasteiger partial charge in [-0.2, -0.15) is 0 Å². The minimum atomic E-state index is 0.822. The van der Waals surface area contributed by atoms with Gasteiger partial charge in [0.15, 0.2) is 0 Å². The zero-order valence-electron chi connectivity index (χ0n) is 8.24. The highest BCUT2D eigenvalue weighted by Gasteiger charge is 2.00. The van der Waals surface area contributed by atoms with Crippen LogP contribution in [-0.4, -0.2) is 17.0 Å². The van der Waals surface area contributed by atoms with Gasteiger partial charge in [-0.15, -0.1) is 0 Å². The second-order valence-corrected chi connectivity index (χ2v) is 3.96. The highest BCUT2D eigenvalue weighted by atomic mass is 79.9. The molecule has 0 unspecified atom stereocenters. The van der Waals surface area contributed by atoms with Gasteiger partial charge in [0.2, 0.25) is 0 Å². The first kappa shape index (κ1) is 10.1. The molecule has 0 radical (unpaired) electrons.